The molecule has 3 aliphatic rings. The van der Waals surface area contributed by atoms with E-state index < -0.39 is 41.1 Å². The minimum Gasteiger partial charge on any atom is -0.497 e. The van der Waals surface area contributed by atoms with Gasteiger partial charge in [-0.1, -0.05) is 56.0 Å². The number of hydrogen-bond acceptors (Lipinski definition) is 7. The molecule has 2 unspecified atom stereocenters. The fourth-order valence-electron chi connectivity index (χ4n) is 7.42. The second kappa shape index (κ2) is 12.3. The lowest BCUT2D eigenvalue weighted by Crippen LogP contribution is -2.59. The van der Waals surface area contributed by atoms with Crippen molar-refractivity contribution in [3.63, 3.8) is 0 Å². The number of hydrogen-bond donors (Lipinski definition) is 1. The van der Waals surface area contributed by atoms with E-state index in [2.05, 4.69) is 13.2 Å². The fraction of sp³-hybridized carbons (Fsp3) is 0.441. The lowest BCUT2D eigenvalue weighted by atomic mass is 9.65. The Morgan fingerprint density at radius 3 is 2.47 bits per heavy atom. The Morgan fingerprint density at radius 1 is 1.14 bits per heavy atom. The zero-order valence-electron chi connectivity index (χ0n) is 24.8. The molecule has 5 rings (SSSR count). The molecule has 0 saturated carbocycles. The van der Waals surface area contributed by atoms with E-state index in [0.29, 0.717) is 37.1 Å². The van der Waals surface area contributed by atoms with E-state index in [-0.39, 0.29) is 31.6 Å². The molecule has 9 heteroatoms. The van der Waals surface area contributed by atoms with Gasteiger partial charge in [-0.05, 0) is 55.5 Å². The van der Waals surface area contributed by atoms with E-state index >= 15 is 0 Å². The van der Waals surface area contributed by atoms with Crippen LogP contribution >= 0.6 is 0 Å². The second-order valence-electron chi connectivity index (χ2n) is 11.5. The lowest BCUT2D eigenvalue weighted by molar-refractivity contribution is -0.161. The monoisotopic (exact) mass is 588 g/mol. The zero-order valence-corrected chi connectivity index (χ0v) is 24.8. The number of aliphatic hydroxyl groups excluding tert-OH is 1. The molecule has 0 radical (unpaired) electrons. The standard InChI is InChI=1S/C34H40N2O7/c1-5-19-35(24-13-15-26(41-4)16-14-24)31(39)29-34-18-17-33(7-3,43-34)28(32(40)42-20-6-2)27(34)30(38)36(29)25(22-37)21-23-11-9-8-10-12-23/h5-6,8-16,25,27-29,37H,1-2,7,17-22H2,3-4H3/t25-,27+,28+,29?,33-,34?/m1/s1. The van der Waals surface area contributed by atoms with Gasteiger partial charge in [0.05, 0.1) is 31.3 Å². The van der Waals surface area contributed by atoms with Gasteiger partial charge in [0.2, 0.25) is 5.91 Å². The number of ether oxygens (including phenoxy) is 3. The molecule has 228 valence electrons. The number of benzene rings is 2. The number of fused-ring (bicyclic) bond motifs is 1. The van der Waals surface area contributed by atoms with Gasteiger partial charge in [-0.3, -0.25) is 14.4 Å². The van der Waals surface area contributed by atoms with Crippen LogP contribution in [0.5, 0.6) is 5.75 Å². The quantitative estimate of drug-likeness (QED) is 0.281. The van der Waals surface area contributed by atoms with E-state index in [4.69, 9.17) is 14.2 Å². The van der Waals surface area contributed by atoms with E-state index in [1.807, 2.05) is 37.3 Å². The van der Waals surface area contributed by atoms with Crippen LogP contribution in [-0.2, 0) is 30.3 Å². The van der Waals surface area contributed by atoms with Gasteiger partial charge in [0.15, 0.2) is 0 Å². The molecule has 2 aromatic rings. The molecule has 3 fully saturated rings. The summed E-state index contributed by atoms with van der Waals surface area (Å²) in [5, 5.41) is 10.7. The molecule has 3 aliphatic heterocycles. The number of anilines is 1. The van der Waals surface area contributed by atoms with Crippen LogP contribution in [0.3, 0.4) is 0 Å². The molecule has 1 spiro atoms. The molecule has 6 atom stereocenters. The number of esters is 1. The molecular formula is C34H40N2O7. The summed E-state index contributed by atoms with van der Waals surface area (Å²) < 4.78 is 17.7. The van der Waals surface area contributed by atoms with Crippen molar-refractivity contribution in [1.29, 1.82) is 0 Å². The van der Waals surface area contributed by atoms with Gasteiger partial charge in [0, 0.05) is 12.2 Å². The Hall–Kier alpha value is -3.95. The molecule has 2 aromatic carbocycles. The van der Waals surface area contributed by atoms with Crippen molar-refractivity contribution in [2.75, 3.05) is 31.8 Å². The van der Waals surface area contributed by atoms with Gasteiger partial charge >= 0.3 is 5.97 Å². The van der Waals surface area contributed by atoms with Crippen molar-refractivity contribution in [3.05, 3.63) is 85.5 Å². The van der Waals surface area contributed by atoms with Gasteiger partial charge in [-0.15, -0.1) is 6.58 Å². The number of likely N-dealkylation sites (tertiary alicyclic amines) is 1. The summed E-state index contributed by atoms with van der Waals surface area (Å²) in [7, 11) is 1.57. The lowest BCUT2D eigenvalue weighted by Gasteiger charge is -2.39. The average molecular weight is 589 g/mol. The highest BCUT2D eigenvalue weighted by molar-refractivity contribution is 6.05. The maximum absolute atomic E-state index is 14.8. The van der Waals surface area contributed by atoms with Crippen LogP contribution in [0.4, 0.5) is 5.69 Å². The third-order valence-electron chi connectivity index (χ3n) is 9.33. The Morgan fingerprint density at radius 2 is 1.86 bits per heavy atom. The third-order valence-corrected chi connectivity index (χ3v) is 9.33. The summed E-state index contributed by atoms with van der Waals surface area (Å²) in [6.07, 6.45) is 4.84. The Bertz CT molecular complexity index is 1360. The first-order valence-electron chi connectivity index (χ1n) is 14.8. The first kappa shape index (κ1) is 30.5. The SMILES string of the molecule is C=CCOC(=O)[C@@H]1[C@H]2C(=O)N([C@@H](CO)Cc3ccccc3)C(C(=O)N(CC=C)c3ccc(OC)cc3)C23CC[C@@]1(CC)O3. The Balaban J connectivity index is 1.63. The maximum atomic E-state index is 14.8. The first-order chi connectivity index (χ1) is 20.8. The van der Waals surface area contributed by atoms with Crippen molar-refractivity contribution in [1.82, 2.24) is 4.90 Å². The number of aliphatic hydroxyl groups is 1. The smallest absolute Gasteiger partial charge is 0.313 e. The van der Waals surface area contributed by atoms with Crippen molar-refractivity contribution in [2.24, 2.45) is 11.8 Å². The largest absolute Gasteiger partial charge is 0.497 e. The van der Waals surface area contributed by atoms with Crippen LogP contribution in [0.1, 0.15) is 31.7 Å². The van der Waals surface area contributed by atoms with Crippen LogP contribution in [0, 0.1) is 11.8 Å². The molecule has 0 aromatic heterocycles. The number of carbonyl (C=O) groups excluding carboxylic acids is 3. The van der Waals surface area contributed by atoms with Crippen LogP contribution in [0.15, 0.2) is 79.9 Å². The van der Waals surface area contributed by atoms with Gasteiger partial charge in [0.1, 0.15) is 29.9 Å². The molecule has 1 N–H and O–H groups in total. The predicted molar refractivity (Wildman–Crippen MR) is 161 cm³/mol. The van der Waals surface area contributed by atoms with E-state index in [1.165, 1.54) is 11.0 Å². The van der Waals surface area contributed by atoms with Crippen LogP contribution < -0.4 is 9.64 Å². The van der Waals surface area contributed by atoms with Crippen LogP contribution in [-0.4, -0.2) is 77.9 Å². The van der Waals surface area contributed by atoms with Crippen molar-refractivity contribution in [2.45, 2.75) is 55.9 Å². The molecule has 3 heterocycles. The Kier molecular flexibility index (Phi) is 8.76. The number of carbonyl (C=O) groups is 3. The third kappa shape index (κ3) is 5.04. The summed E-state index contributed by atoms with van der Waals surface area (Å²) in [5.74, 6) is -2.45. The van der Waals surface area contributed by atoms with Crippen LogP contribution in [0.25, 0.3) is 0 Å². The molecule has 9 nitrogen and oxygen atoms in total. The van der Waals surface area contributed by atoms with E-state index in [0.717, 1.165) is 5.56 Å². The van der Waals surface area contributed by atoms with E-state index in [9.17, 15) is 19.5 Å². The number of methoxy groups -OCH3 is 1. The number of amides is 2. The maximum Gasteiger partial charge on any atom is 0.313 e. The normalized spacial score (nSPS) is 27.8. The zero-order chi connectivity index (χ0) is 30.8. The summed E-state index contributed by atoms with van der Waals surface area (Å²) in [6.45, 7) is 9.26. The molecule has 3 saturated heterocycles. The van der Waals surface area contributed by atoms with Crippen molar-refractivity contribution in [3.8, 4) is 5.75 Å². The predicted octanol–water partition coefficient (Wildman–Crippen LogP) is 3.70. The highest BCUT2D eigenvalue weighted by Gasteiger charge is 2.79. The van der Waals surface area contributed by atoms with Gasteiger partial charge in [-0.2, -0.15) is 0 Å². The van der Waals surface area contributed by atoms with E-state index in [1.54, 1.807) is 42.4 Å². The molecular weight excluding hydrogens is 548 g/mol. The summed E-state index contributed by atoms with van der Waals surface area (Å²) in [6, 6.07) is 14.8. The molecule has 43 heavy (non-hydrogen) atoms. The number of nitrogens with zero attached hydrogens (tertiary/aromatic N) is 2. The highest BCUT2D eigenvalue weighted by atomic mass is 16.6. The summed E-state index contributed by atoms with van der Waals surface area (Å²) in [4.78, 5) is 46.1. The van der Waals surface area contributed by atoms with Crippen LogP contribution in [0.2, 0.25) is 0 Å². The fourth-order valence-corrected chi connectivity index (χ4v) is 7.42. The topological polar surface area (TPSA) is 106 Å². The summed E-state index contributed by atoms with van der Waals surface area (Å²) >= 11 is 0. The minimum absolute atomic E-state index is 0.00691. The second-order valence-corrected chi connectivity index (χ2v) is 11.5. The van der Waals surface area contributed by atoms with Gasteiger partial charge < -0.3 is 29.1 Å². The summed E-state index contributed by atoms with van der Waals surface area (Å²) in [5.41, 5.74) is -0.690. The number of rotatable bonds is 13. The highest BCUT2D eigenvalue weighted by Crippen LogP contribution is 2.65. The average Bonchev–Trinajstić information content (AvgIpc) is 3.65. The first-order valence-corrected chi connectivity index (χ1v) is 14.8. The molecule has 2 amide bonds. The minimum atomic E-state index is -1.27. The van der Waals surface area contributed by atoms with Gasteiger partial charge in [-0.25, -0.2) is 0 Å². The molecule has 2 bridgehead atoms. The van der Waals surface area contributed by atoms with Gasteiger partial charge in [0.25, 0.3) is 5.91 Å². The molecule has 0 aliphatic carbocycles. The van der Waals surface area contributed by atoms with Crippen molar-refractivity contribution >= 4 is 23.5 Å². The Labute approximate surface area is 252 Å². The van der Waals surface area contributed by atoms with Crippen molar-refractivity contribution < 1.29 is 33.7 Å².